The lowest BCUT2D eigenvalue weighted by atomic mass is 9.94. The van der Waals surface area contributed by atoms with E-state index in [1.807, 2.05) is 74.5 Å². The van der Waals surface area contributed by atoms with Gasteiger partial charge in [0.15, 0.2) is 6.29 Å². The van der Waals surface area contributed by atoms with Crippen LogP contribution in [0.1, 0.15) is 48.7 Å². The molecule has 1 aliphatic heterocycles. The molecule has 1 fully saturated rings. The number of anilines is 1. The standard InChI is InChI=1S/C32H33FN2O4/c1-20(2)29-28(31(37)34-24-11-7-4-8-12-24)27(21-9-5-3-6-10-21)30(22-13-15-23(33)16-14-22)35(29)18-17-25-19-26(36)32(38)39-25/h3-16,20,25-26,32,36,38H,17-19H2,1-2H3,(H,34,37)/t25-,26-,32?/m1/s1. The Balaban J connectivity index is 1.71. The van der Waals surface area contributed by atoms with Crippen molar-refractivity contribution < 1.29 is 24.1 Å². The lowest BCUT2D eigenvalue weighted by molar-refractivity contribution is -0.128. The molecule has 5 rings (SSSR count). The second-order valence-electron chi connectivity index (χ2n) is 10.2. The first-order valence-corrected chi connectivity index (χ1v) is 13.3. The number of nitrogens with one attached hydrogen (secondary N) is 1. The van der Waals surface area contributed by atoms with Gasteiger partial charge in [0, 0.05) is 29.9 Å². The van der Waals surface area contributed by atoms with Crippen LogP contribution in [-0.2, 0) is 11.3 Å². The maximum absolute atomic E-state index is 14.1. The Morgan fingerprint density at radius 1 is 0.974 bits per heavy atom. The fourth-order valence-electron chi connectivity index (χ4n) is 5.40. The maximum atomic E-state index is 14.1. The lowest BCUT2D eigenvalue weighted by Gasteiger charge is -2.19. The summed E-state index contributed by atoms with van der Waals surface area (Å²) in [5.41, 5.74) is 5.33. The minimum atomic E-state index is -1.20. The molecule has 3 atom stereocenters. The highest BCUT2D eigenvalue weighted by molar-refractivity contribution is 6.12. The van der Waals surface area contributed by atoms with Gasteiger partial charge in [0.05, 0.1) is 17.4 Å². The van der Waals surface area contributed by atoms with E-state index in [2.05, 4.69) is 9.88 Å². The van der Waals surface area contributed by atoms with Crippen molar-refractivity contribution in [3.63, 3.8) is 0 Å². The van der Waals surface area contributed by atoms with Crippen LogP contribution >= 0.6 is 0 Å². The number of para-hydroxylation sites is 1. The van der Waals surface area contributed by atoms with Crippen molar-refractivity contribution in [1.29, 1.82) is 0 Å². The summed E-state index contributed by atoms with van der Waals surface area (Å²) in [5, 5.41) is 23.0. The van der Waals surface area contributed by atoms with E-state index in [-0.39, 0.29) is 23.7 Å². The Bertz CT molecular complexity index is 1410. The number of amides is 1. The van der Waals surface area contributed by atoms with E-state index < -0.39 is 12.4 Å². The number of carbonyl (C=O) groups is 1. The van der Waals surface area contributed by atoms with Crippen LogP contribution in [-0.4, -0.2) is 39.2 Å². The fourth-order valence-corrected chi connectivity index (χ4v) is 5.40. The molecule has 1 unspecified atom stereocenters. The molecule has 39 heavy (non-hydrogen) atoms. The number of benzene rings is 3. The first-order chi connectivity index (χ1) is 18.8. The zero-order chi connectivity index (χ0) is 27.5. The van der Waals surface area contributed by atoms with Gasteiger partial charge in [0.2, 0.25) is 0 Å². The van der Waals surface area contributed by atoms with E-state index >= 15 is 0 Å². The molecular weight excluding hydrogens is 495 g/mol. The van der Waals surface area contributed by atoms with E-state index in [0.29, 0.717) is 30.6 Å². The molecule has 3 aromatic carbocycles. The molecule has 0 saturated carbocycles. The Morgan fingerprint density at radius 3 is 2.21 bits per heavy atom. The van der Waals surface area contributed by atoms with Gasteiger partial charge in [-0.3, -0.25) is 4.79 Å². The average molecular weight is 529 g/mol. The predicted molar refractivity (Wildman–Crippen MR) is 150 cm³/mol. The third kappa shape index (κ3) is 5.66. The van der Waals surface area contributed by atoms with E-state index in [1.54, 1.807) is 12.1 Å². The van der Waals surface area contributed by atoms with Gasteiger partial charge in [-0.2, -0.15) is 0 Å². The highest BCUT2D eigenvalue weighted by Crippen LogP contribution is 2.43. The number of hydrogen-bond acceptors (Lipinski definition) is 4. The highest BCUT2D eigenvalue weighted by Gasteiger charge is 2.34. The summed E-state index contributed by atoms with van der Waals surface area (Å²) in [6.07, 6.45) is -1.61. The Hall–Kier alpha value is -3.78. The molecule has 0 bridgehead atoms. The fraction of sp³-hybridized carbons (Fsp3) is 0.281. The van der Waals surface area contributed by atoms with Gasteiger partial charge >= 0.3 is 0 Å². The van der Waals surface area contributed by atoms with Crippen LogP contribution in [0.2, 0.25) is 0 Å². The summed E-state index contributed by atoms with van der Waals surface area (Å²) in [7, 11) is 0. The van der Waals surface area contributed by atoms with Crippen LogP contribution in [0.25, 0.3) is 22.4 Å². The van der Waals surface area contributed by atoms with Gasteiger partial charge < -0.3 is 24.8 Å². The van der Waals surface area contributed by atoms with Crippen LogP contribution < -0.4 is 5.32 Å². The summed E-state index contributed by atoms with van der Waals surface area (Å²) in [4.78, 5) is 14.1. The normalized spacial score (nSPS) is 19.0. The second-order valence-corrected chi connectivity index (χ2v) is 10.2. The summed E-state index contributed by atoms with van der Waals surface area (Å²) in [5.74, 6) is -0.598. The summed E-state index contributed by atoms with van der Waals surface area (Å²) in [6, 6.07) is 25.4. The summed E-state index contributed by atoms with van der Waals surface area (Å²) in [6.45, 7) is 4.57. The minimum absolute atomic E-state index is 0.0288. The molecule has 4 aromatic rings. The second kappa shape index (κ2) is 11.5. The van der Waals surface area contributed by atoms with Crippen molar-refractivity contribution >= 4 is 11.6 Å². The number of carbonyl (C=O) groups excluding carboxylic acids is 1. The van der Waals surface area contributed by atoms with Crippen molar-refractivity contribution in [2.45, 2.75) is 57.6 Å². The first-order valence-electron chi connectivity index (χ1n) is 13.3. The number of rotatable bonds is 8. The van der Waals surface area contributed by atoms with E-state index in [9.17, 15) is 19.4 Å². The maximum Gasteiger partial charge on any atom is 0.258 e. The molecule has 3 N–H and O–H groups in total. The first kappa shape index (κ1) is 26.8. The highest BCUT2D eigenvalue weighted by atomic mass is 19.1. The minimum Gasteiger partial charge on any atom is -0.388 e. The van der Waals surface area contributed by atoms with Gasteiger partial charge in [0.25, 0.3) is 5.91 Å². The van der Waals surface area contributed by atoms with Gasteiger partial charge in [-0.25, -0.2) is 4.39 Å². The summed E-state index contributed by atoms with van der Waals surface area (Å²) >= 11 is 0. The molecule has 0 spiro atoms. The van der Waals surface area contributed by atoms with Crippen molar-refractivity contribution in [2.24, 2.45) is 0 Å². The number of aliphatic hydroxyl groups is 2. The Labute approximate surface area is 227 Å². The third-order valence-electron chi connectivity index (χ3n) is 7.13. The number of hydrogen-bond donors (Lipinski definition) is 3. The van der Waals surface area contributed by atoms with Crippen LogP contribution in [0.4, 0.5) is 10.1 Å². The van der Waals surface area contributed by atoms with Crippen LogP contribution in [0, 0.1) is 5.82 Å². The van der Waals surface area contributed by atoms with Crippen molar-refractivity contribution in [3.8, 4) is 22.4 Å². The van der Waals surface area contributed by atoms with Gasteiger partial charge in [0.1, 0.15) is 11.9 Å². The van der Waals surface area contributed by atoms with E-state index in [1.165, 1.54) is 12.1 Å². The quantitative estimate of drug-likeness (QED) is 0.254. The molecule has 0 radical (unpaired) electrons. The van der Waals surface area contributed by atoms with Gasteiger partial charge in [-0.15, -0.1) is 0 Å². The molecule has 7 heteroatoms. The molecule has 1 amide bonds. The van der Waals surface area contributed by atoms with Crippen molar-refractivity contribution in [1.82, 2.24) is 4.57 Å². The monoisotopic (exact) mass is 528 g/mol. The lowest BCUT2D eigenvalue weighted by Crippen LogP contribution is -2.19. The number of nitrogens with zero attached hydrogens (tertiary/aromatic N) is 1. The molecule has 202 valence electrons. The molecule has 6 nitrogen and oxygen atoms in total. The topological polar surface area (TPSA) is 83.7 Å². The largest absolute Gasteiger partial charge is 0.388 e. The average Bonchev–Trinajstić information content (AvgIpc) is 3.45. The smallest absolute Gasteiger partial charge is 0.258 e. The van der Waals surface area contributed by atoms with Crippen molar-refractivity contribution in [2.75, 3.05) is 5.32 Å². The number of halogens is 1. The van der Waals surface area contributed by atoms with Gasteiger partial charge in [-0.1, -0.05) is 62.4 Å². The number of ether oxygens (including phenoxy) is 1. The molecule has 1 aromatic heterocycles. The Kier molecular flexibility index (Phi) is 7.93. The molecule has 0 aliphatic carbocycles. The molecule has 1 saturated heterocycles. The number of aliphatic hydroxyl groups excluding tert-OH is 2. The molecule has 1 aliphatic rings. The number of aromatic nitrogens is 1. The van der Waals surface area contributed by atoms with E-state index in [4.69, 9.17) is 4.74 Å². The van der Waals surface area contributed by atoms with Crippen LogP contribution in [0.3, 0.4) is 0 Å². The SMILES string of the molecule is CC(C)c1c(C(=O)Nc2ccccc2)c(-c2ccccc2)c(-c2ccc(F)cc2)n1CC[C@@H]1C[C@@H](O)C(O)O1. The zero-order valence-electron chi connectivity index (χ0n) is 22.0. The van der Waals surface area contributed by atoms with Crippen molar-refractivity contribution in [3.05, 3.63) is 102 Å². The molecule has 2 heterocycles. The molecular formula is C32H33FN2O4. The van der Waals surface area contributed by atoms with E-state index in [0.717, 1.165) is 28.1 Å². The van der Waals surface area contributed by atoms with Crippen LogP contribution in [0.5, 0.6) is 0 Å². The third-order valence-corrected chi connectivity index (χ3v) is 7.13. The van der Waals surface area contributed by atoms with Gasteiger partial charge in [-0.05, 0) is 59.9 Å². The zero-order valence-corrected chi connectivity index (χ0v) is 22.0. The summed E-state index contributed by atoms with van der Waals surface area (Å²) < 4.78 is 21.7. The van der Waals surface area contributed by atoms with Crippen LogP contribution in [0.15, 0.2) is 84.9 Å². The predicted octanol–water partition coefficient (Wildman–Crippen LogP) is 6.20. The Morgan fingerprint density at radius 2 is 1.62 bits per heavy atom.